The van der Waals surface area contributed by atoms with Crippen molar-refractivity contribution >= 4 is 12.1 Å². The molecule has 1 amide bonds. The fraction of sp³-hybridized carbons (Fsp3) is 0.733. The lowest BCUT2D eigenvalue weighted by Gasteiger charge is -2.38. The summed E-state index contributed by atoms with van der Waals surface area (Å²) in [5, 5.41) is 3.44. The van der Waals surface area contributed by atoms with Gasteiger partial charge in [-0.25, -0.2) is 4.79 Å². The molecule has 1 N–H and O–H groups in total. The molecule has 4 aliphatic heterocycles. The van der Waals surface area contributed by atoms with E-state index in [2.05, 4.69) is 5.32 Å². The van der Waals surface area contributed by atoms with Gasteiger partial charge in [0.15, 0.2) is 0 Å². The van der Waals surface area contributed by atoms with Gasteiger partial charge >= 0.3 is 12.1 Å². The van der Waals surface area contributed by atoms with Crippen molar-refractivity contribution in [2.45, 2.75) is 114 Å². The van der Waals surface area contributed by atoms with Gasteiger partial charge in [0, 0.05) is 45.4 Å². The third-order valence-corrected chi connectivity index (χ3v) is 8.30. The Morgan fingerprint density at radius 2 is 1.71 bits per heavy atom. The van der Waals surface area contributed by atoms with Crippen LogP contribution in [0.2, 0.25) is 0 Å². The number of amides is 1. The molecular formula is C30H46N2O6. The largest absolute Gasteiger partial charge is 0.459 e. The summed E-state index contributed by atoms with van der Waals surface area (Å²) in [5.41, 5.74) is 0.107. The number of carbonyl (C=O) groups excluding carboxylic acids is 2. The van der Waals surface area contributed by atoms with Crippen molar-refractivity contribution in [3.8, 4) is 0 Å². The van der Waals surface area contributed by atoms with Gasteiger partial charge in [0.1, 0.15) is 17.7 Å². The number of ether oxygens (including phenoxy) is 4. The predicted molar refractivity (Wildman–Crippen MR) is 145 cm³/mol. The molecule has 4 heterocycles. The number of nitrogens with one attached hydrogen (secondary N) is 1. The van der Waals surface area contributed by atoms with Crippen LogP contribution in [0, 0.1) is 5.92 Å². The molecule has 8 nitrogen and oxygen atoms in total. The maximum atomic E-state index is 12.4. The fourth-order valence-electron chi connectivity index (χ4n) is 6.64. The van der Waals surface area contributed by atoms with E-state index in [4.69, 9.17) is 18.9 Å². The normalized spacial score (nSPS) is 31.8. The zero-order chi connectivity index (χ0) is 27.3. The number of fused-ring (bicyclic) bond motifs is 4. The maximum Gasteiger partial charge on any atom is 0.410 e. The first-order chi connectivity index (χ1) is 18.1. The number of methoxy groups -OCH3 is 2. The first-order valence-corrected chi connectivity index (χ1v) is 14.1. The summed E-state index contributed by atoms with van der Waals surface area (Å²) in [4.78, 5) is 26.7. The number of benzene rings is 1. The van der Waals surface area contributed by atoms with Crippen LogP contribution in [0.1, 0.15) is 77.7 Å². The van der Waals surface area contributed by atoms with Crippen LogP contribution in [0.4, 0.5) is 4.79 Å². The summed E-state index contributed by atoms with van der Waals surface area (Å²) in [6, 6.07) is 10.9. The molecule has 212 valence electrons. The van der Waals surface area contributed by atoms with E-state index in [0.717, 1.165) is 63.5 Å². The Bertz CT molecular complexity index is 920. The molecule has 5 atom stereocenters. The maximum absolute atomic E-state index is 12.4. The van der Waals surface area contributed by atoms with Crippen molar-refractivity contribution < 1.29 is 28.5 Å². The first-order valence-electron chi connectivity index (χ1n) is 14.1. The van der Waals surface area contributed by atoms with Crippen LogP contribution in [0.15, 0.2) is 30.3 Å². The Morgan fingerprint density at radius 3 is 2.32 bits per heavy atom. The number of esters is 1. The van der Waals surface area contributed by atoms with Crippen LogP contribution in [-0.2, 0) is 30.3 Å². The molecule has 4 bridgehead atoms. The molecule has 4 fully saturated rings. The van der Waals surface area contributed by atoms with Crippen molar-refractivity contribution in [1.29, 1.82) is 0 Å². The lowest BCUT2D eigenvalue weighted by molar-refractivity contribution is -0.165. The van der Waals surface area contributed by atoms with E-state index in [1.54, 1.807) is 14.2 Å². The fourth-order valence-corrected chi connectivity index (χ4v) is 6.64. The highest BCUT2D eigenvalue weighted by Gasteiger charge is 2.52. The second-order valence-corrected chi connectivity index (χ2v) is 12.4. The van der Waals surface area contributed by atoms with Crippen LogP contribution in [0.25, 0.3) is 0 Å². The number of piperidine rings is 2. The molecule has 38 heavy (non-hydrogen) atoms. The van der Waals surface area contributed by atoms with Gasteiger partial charge in [-0.05, 0) is 77.2 Å². The second kappa shape index (κ2) is 12.3. The van der Waals surface area contributed by atoms with E-state index in [1.165, 1.54) is 0 Å². The van der Waals surface area contributed by atoms with Gasteiger partial charge in [0.2, 0.25) is 0 Å². The van der Waals surface area contributed by atoms with Crippen molar-refractivity contribution in [2.24, 2.45) is 5.92 Å². The highest BCUT2D eigenvalue weighted by atomic mass is 16.6. The van der Waals surface area contributed by atoms with E-state index < -0.39 is 11.1 Å². The monoisotopic (exact) mass is 530 g/mol. The van der Waals surface area contributed by atoms with E-state index in [9.17, 15) is 9.59 Å². The summed E-state index contributed by atoms with van der Waals surface area (Å²) >= 11 is 0. The molecule has 0 aromatic heterocycles. The molecule has 4 aliphatic rings. The third kappa shape index (κ3) is 7.07. The van der Waals surface area contributed by atoms with Gasteiger partial charge in [-0.1, -0.05) is 30.3 Å². The van der Waals surface area contributed by atoms with Crippen LogP contribution in [0.3, 0.4) is 0 Å². The minimum Gasteiger partial charge on any atom is -0.459 e. The molecule has 5 unspecified atom stereocenters. The van der Waals surface area contributed by atoms with Crippen LogP contribution in [-0.4, -0.2) is 73.2 Å². The number of hydrogen-bond acceptors (Lipinski definition) is 7. The molecular weight excluding hydrogens is 484 g/mol. The highest BCUT2D eigenvalue weighted by molar-refractivity contribution is 5.82. The lowest BCUT2D eigenvalue weighted by atomic mass is 9.88. The van der Waals surface area contributed by atoms with Crippen molar-refractivity contribution in [3.05, 3.63) is 35.9 Å². The molecule has 1 aromatic carbocycles. The number of hydrogen-bond donors (Lipinski definition) is 1. The van der Waals surface area contributed by atoms with Gasteiger partial charge in [-0.15, -0.1) is 0 Å². The Labute approximate surface area is 227 Å². The quantitative estimate of drug-likeness (QED) is 0.527. The second-order valence-electron chi connectivity index (χ2n) is 12.4. The number of nitrogens with zero attached hydrogens (tertiary/aromatic N) is 1. The standard InChI is InChI=1S/C17H23NO3.C13H23NO3/c1-20-11-14-9-15-7-8-16(10-14)18(15)17(19)21-12-13-5-3-2-4-6-13;1-12(2,3)17-11(15)13-6-5-9(14-13)7-10(8-13)16-4/h2-6,14-16H,7-12H2,1H3;9-10,14H,5-8H2,1-4H3. The third-order valence-electron chi connectivity index (χ3n) is 8.30. The van der Waals surface area contributed by atoms with Gasteiger partial charge in [-0.2, -0.15) is 0 Å². The van der Waals surface area contributed by atoms with E-state index in [-0.39, 0.29) is 18.2 Å². The molecule has 0 saturated carbocycles. The van der Waals surface area contributed by atoms with Crippen molar-refractivity contribution in [2.75, 3.05) is 20.8 Å². The molecule has 0 aliphatic carbocycles. The molecule has 5 rings (SSSR count). The SMILES string of the molecule is COC1CC2CCC(C(=O)OC(C)(C)C)(C1)N2.COCC1CC2CCC(C1)N2C(=O)OCc1ccccc1. The van der Waals surface area contributed by atoms with Gasteiger partial charge in [-0.3, -0.25) is 10.1 Å². The Balaban J connectivity index is 0.000000181. The highest BCUT2D eigenvalue weighted by Crippen LogP contribution is 2.40. The van der Waals surface area contributed by atoms with Gasteiger partial charge in [0.25, 0.3) is 0 Å². The van der Waals surface area contributed by atoms with E-state index in [1.807, 2.05) is 56.0 Å². The zero-order valence-corrected chi connectivity index (χ0v) is 23.7. The molecule has 4 saturated heterocycles. The van der Waals surface area contributed by atoms with Crippen molar-refractivity contribution in [3.63, 3.8) is 0 Å². The predicted octanol–water partition coefficient (Wildman–Crippen LogP) is 4.84. The number of carbonyl (C=O) groups is 2. The first kappa shape index (κ1) is 28.8. The lowest BCUT2D eigenvalue weighted by Crippen LogP contribution is -2.58. The van der Waals surface area contributed by atoms with Crippen LogP contribution < -0.4 is 5.32 Å². The molecule has 0 radical (unpaired) electrons. The zero-order valence-electron chi connectivity index (χ0n) is 23.7. The summed E-state index contributed by atoms with van der Waals surface area (Å²) in [6.45, 7) is 6.89. The molecule has 1 aromatic rings. The summed E-state index contributed by atoms with van der Waals surface area (Å²) in [6.07, 6.45) is 7.96. The number of rotatable bonds is 6. The smallest absolute Gasteiger partial charge is 0.410 e. The van der Waals surface area contributed by atoms with Crippen molar-refractivity contribution in [1.82, 2.24) is 10.2 Å². The summed E-state index contributed by atoms with van der Waals surface area (Å²) in [7, 11) is 3.47. The Morgan fingerprint density at radius 1 is 1.03 bits per heavy atom. The topological polar surface area (TPSA) is 86.3 Å². The minimum absolute atomic E-state index is 0.116. The average molecular weight is 531 g/mol. The van der Waals surface area contributed by atoms with Gasteiger partial charge < -0.3 is 23.8 Å². The van der Waals surface area contributed by atoms with E-state index >= 15 is 0 Å². The summed E-state index contributed by atoms with van der Waals surface area (Å²) in [5.74, 6) is 0.472. The Kier molecular flexibility index (Phi) is 9.37. The average Bonchev–Trinajstić information content (AvgIpc) is 3.35. The molecule has 8 heteroatoms. The van der Waals surface area contributed by atoms with Gasteiger partial charge in [0.05, 0.1) is 6.10 Å². The van der Waals surface area contributed by atoms with Crippen LogP contribution in [0.5, 0.6) is 0 Å². The Hall–Kier alpha value is -2.16. The minimum atomic E-state index is -0.503. The van der Waals surface area contributed by atoms with Crippen LogP contribution >= 0.6 is 0 Å². The molecule has 0 spiro atoms. The van der Waals surface area contributed by atoms with E-state index in [0.29, 0.717) is 30.7 Å². The summed E-state index contributed by atoms with van der Waals surface area (Å²) < 4.78 is 21.7.